The summed E-state index contributed by atoms with van der Waals surface area (Å²) in [5, 5.41) is 2.37. The molecule has 0 aliphatic rings. The molecule has 1 aromatic carbocycles. The Kier molecular flexibility index (Phi) is 5.38. The van der Waals surface area contributed by atoms with Gasteiger partial charge in [-0.05, 0) is 12.5 Å². The minimum Gasteiger partial charge on any atom is -0.445 e. The van der Waals surface area contributed by atoms with E-state index in [2.05, 4.69) is 5.32 Å². The van der Waals surface area contributed by atoms with E-state index in [0.29, 0.717) is 0 Å². The summed E-state index contributed by atoms with van der Waals surface area (Å²) in [6.07, 6.45) is -0.568. The van der Waals surface area contributed by atoms with Crippen molar-refractivity contribution in [1.82, 2.24) is 5.32 Å². The monoisotopic (exact) mass is 271 g/mol. The van der Waals surface area contributed by atoms with E-state index in [1.54, 1.807) is 6.92 Å². The highest BCUT2D eigenvalue weighted by molar-refractivity contribution is 7.58. The Hall–Kier alpha value is -1.32. The zero-order valence-corrected chi connectivity index (χ0v) is 11.4. The van der Waals surface area contributed by atoms with Gasteiger partial charge in [-0.15, -0.1) is 0 Å². The topological polar surface area (TPSA) is 75.6 Å². The largest absolute Gasteiger partial charge is 0.445 e. The highest BCUT2D eigenvalue weighted by atomic mass is 31.2. The normalized spacial score (nSPS) is 15.5. The molecule has 0 aliphatic carbocycles. The van der Waals surface area contributed by atoms with Crippen LogP contribution < -0.4 is 5.32 Å². The van der Waals surface area contributed by atoms with Gasteiger partial charge >= 0.3 is 6.09 Å². The third kappa shape index (κ3) is 4.51. The van der Waals surface area contributed by atoms with Gasteiger partial charge in [-0.1, -0.05) is 37.3 Å². The number of carbonyl (C=O) groups excluding carboxylic acids is 1. The maximum Gasteiger partial charge on any atom is 0.408 e. The van der Waals surface area contributed by atoms with E-state index >= 15 is 0 Å². The summed E-state index contributed by atoms with van der Waals surface area (Å²) in [4.78, 5) is 20.9. The van der Waals surface area contributed by atoms with Crippen molar-refractivity contribution in [3.8, 4) is 0 Å². The maximum atomic E-state index is 11.6. The number of hydrogen-bond donors (Lipinski definition) is 2. The Morgan fingerprint density at radius 3 is 2.61 bits per heavy atom. The standard InChI is InChI=1S/C12H18NO4P/c1-3-18(15,16)10(2)13-12(14)17-9-11-7-5-4-6-8-11/h4-8,10H,3,9H2,1-2H3,(H,13,14)(H,15,16). The van der Waals surface area contributed by atoms with Gasteiger partial charge in [0.05, 0.1) is 0 Å². The number of nitrogens with one attached hydrogen (secondary N) is 1. The van der Waals surface area contributed by atoms with Gasteiger partial charge in [-0.2, -0.15) is 0 Å². The smallest absolute Gasteiger partial charge is 0.408 e. The Morgan fingerprint density at radius 1 is 1.44 bits per heavy atom. The van der Waals surface area contributed by atoms with Crippen LogP contribution in [0.25, 0.3) is 0 Å². The number of amides is 1. The molecule has 100 valence electrons. The van der Waals surface area contributed by atoms with Gasteiger partial charge in [0.25, 0.3) is 0 Å². The molecule has 0 radical (unpaired) electrons. The lowest BCUT2D eigenvalue weighted by molar-refractivity contribution is 0.138. The average molecular weight is 271 g/mol. The van der Waals surface area contributed by atoms with Crippen LogP contribution in [0, 0.1) is 0 Å². The van der Waals surface area contributed by atoms with Crippen LogP contribution in [0.15, 0.2) is 30.3 Å². The van der Waals surface area contributed by atoms with Crippen molar-refractivity contribution in [2.45, 2.75) is 26.2 Å². The first-order chi connectivity index (χ1) is 8.45. The molecule has 0 spiro atoms. The van der Waals surface area contributed by atoms with Gasteiger partial charge in [0.1, 0.15) is 12.4 Å². The molecule has 0 bridgehead atoms. The lowest BCUT2D eigenvalue weighted by atomic mass is 10.2. The number of carbonyl (C=O) groups is 1. The summed E-state index contributed by atoms with van der Waals surface area (Å²) in [7, 11) is -3.33. The maximum absolute atomic E-state index is 11.6. The lowest BCUT2D eigenvalue weighted by Crippen LogP contribution is -2.33. The second-order valence-corrected chi connectivity index (χ2v) is 6.87. The summed E-state index contributed by atoms with van der Waals surface area (Å²) in [5.41, 5.74) is 0.864. The molecule has 6 heteroatoms. The molecule has 1 aromatic rings. The quantitative estimate of drug-likeness (QED) is 0.807. The number of hydrogen-bond acceptors (Lipinski definition) is 3. The first-order valence-corrected chi connectivity index (χ1v) is 7.66. The lowest BCUT2D eigenvalue weighted by Gasteiger charge is -2.18. The summed E-state index contributed by atoms with van der Waals surface area (Å²) in [6, 6.07) is 9.23. The van der Waals surface area contributed by atoms with Crippen LogP contribution in [0.3, 0.4) is 0 Å². The van der Waals surface area contributed by atoms with Crippen LogP contribution in [-0.4, -0.2) is 22.9 Å². The van der Waals surface area contributed by atoms with Gasteiger partial charge in [-0.25, -0.2) is 4.79 Å². The molecule has 0 heterocycles. The molecule has 5 nitrogen and oxygen atoms in total. The van der Waals surface area contributed by atoms with Crippen molar-refractivity contribution in [2.24, 2.45) is 0 Å². The third-order valence-corrected chi connectivity index (χ3v) is 4.84. The molecule has 2 atom stereocenters. The Bertz CT molecular complexity index is 435. The third-order valence-electron chi connectivity index (χ3n) is 2.60. The number of rotatable bonds is 5. The van der Waals surface area contributed by atoms with Gasteiger partial charge in [-0.3, -0.25) is 4.57 Å². The average Bonchev–Trinajstić information content (AvgIpc) is 2.37. The van der Waals surface area contributed by atoms with Crippen LogP contribution in [-0.2, 0) is 15.9 Å². The van der Waals surface area contributed by atoms with Gasteiger partial charge in [0.2, 0.25) is 7.37 Å². The van der Waals surface area contributed by atoms with E-state index in [9.17, 15) is 14.3 Å². The van der Waals surface area contributed by atoms with Crippen molar-refractivity contribution in [3.63, 3.8) is 0 Å². The molecule has 0 fully saturated rings. The molecule has 2 unspecified atom stereocenters. The van der Waals surface area contributed by atoms with Crippen LogP contribution >= 0.6 is 7.37 Å². The number of benzene rings is 1. The minimum atomic E-state index is -3.33. The second kappa shape index (κ2) is 6.57. The zero-order chi connectivity index (χ0) is 13.6. The first kappa shape index (κ1) is 14.7. The highest BCUT2D eigenvalue weighted by Crippen LogP contribution is 2.43. The highest BCUT2D eigenvalue weighted by Gasteiger charge is 2.26. The van der Waals surface area contributed by atoms with Crippen LogP contribution in [0.5, 0.6) is 0 Å². The van der Waals surface area contributed by atoms with Crippen LogP contribution in [0.4, 0.5) is 4.79 Å². The van der Waals surface area contributed by atoms with Gasteiger partial charge in [0, 0.05) is 6.16 Å². The minimum absolute atomic E-state index is 0.118. The molecule has 18 heavy (non-hydrogen) atoms. The van der Waals surface area contributed by atoms with Crippen LogP contribution in [0.1, 0.15) is 19.4 Å². The number of alkyl carbamates (subject to hydrolysis) is 1. The zero-order valence-electron chi connectivity index (χ0n) is 10.5. The van der Waals surface area contributed by atoms with Crippen molar-refractivity contribution >= 4 is 13.5 Å². The fraction of sp³-hybridized carbons (Fsp3) is 0.417. The molecular weight excluding hydrogens is 253 g/mol. The van der Waals surface area contributed by atoms with Crippen LogP contribution in [0.2, 0.25) is 0 Å². The summed E-state index contributed by atoms with van der Waals surface area (Å²) in [6.45, 7) is 3.24. The molecule has 1 rings (SSSR count). The van der Waals surface area contributed by atoms with Crippen molar-refractivity contribution in [3.05, 3.63) is 35.9 Å². The predicted octanol–water partition coefficient (Wildman–Crippen LogP) is 2.55. The summed E-state index contributed by atoms with van der Waals surface area (Å²) < 4.78 is 16.5. The molecule has 2 N–H and O–H groups in total. The molecule has 0 aliphatic heterocycles. The van der Waals surface area contributed by atoms with Gasteiger partial charge < -0.3 is 14.9 Å². The van der Waals surface area contributed by atoms with E-state index in [-0.39, 0.29) is 12.8 Å². The molecule has 1 amide bonds. The van der Waals surface area contributed by atoms with E-state index < -0.39 is 19.2 Å². The summed E-state index contributed by atoms with van der Waals surface area (Å²) in [5.74, 6) is -0.800. The number of ether oxygens (including phenoxy) is 1. The van der Waals surface area contributed by atoms with Crippen molar-refractivity contribution in [1.29, 1.82) is 0 Å². The van der Waals surface area contributed by atoms with E-state index in [1.807, 2.05) is 30.3 Å². The van der Waals surface area contributed by atoms with Crippen molar-refractivity contribution < 1.29 is 19.0 Å². The SMILES string of the molecule is CCP(=O)(O)C(C)NC(=O)OCc1ccccc1. The fourth-order valence-corrected chi connectivity index (χ4v) is 2.16. The summed E-state index contributed by atoms with van der Waals surface area (Å²) >= 11 is 0. The predicted molar refractivity (Wildman–Crippen MR) is 69.6 cm³/mol. The second-order valence-electron chi connectivity index (χ2n) is 3.95. The Morgan fingerprint density at radius 2 is 2.06 bits per heavy atom. The Balaban J connectivity index is 2.41. The van der Waals surface area contributed by atoms with E-state index in [4.69, 9.17) is 4.74 Å². The molecular formula is C12H18NO4P. The van der Waals surface area contributed by atoms with Gasteiger partial charge in [0.15, 0.2) is 0 Å². The fourth-order valence-electron chi connectivity index (χ4n) is 1.31. The molecule has 0 saturated carbocycles. The van der Waals surface area contributed by atoms with E-state index in [0.717, 1.165) is 5.56 Å². The molecule has 0 saturated heterocycles. The van der Waals surface area contributed by atoms with E-state index in [1.165, 1.54) is 6.92 Å². The molecule has 0 aromatic heterocycles. The first-order valence-electron chi connectivity index (χ1n) is 5.74. The van der Waals surface area contributed by atoms with Crippen molar-refractivity contribution in [2.75, 3.05) is 6.16 Å². The Labute approximate surface area is 107 Å².